The van der Waals surface area contributed by atoms with E-state index in [2.05, 4.69) is 54.6 Å². The van der Waals surface area contributed by atoms with E-state index in [1.54, 1.807) is 6.20 Å². The van der Waals surface area contributed by atoms with Crippen LogP contribution in [0.3, 0.4) is 0 Å². The first-order valence-corrected chi connectivity index (χ1v) is 9.15. The molecule has 0 bridgehead atoms. The van der Waals surface area contributed by atoms with Gasteiger partial charge in [0.2, 0.25) is 0 Å². The number of pyridine rings is 1. The molecule has 2 heterocycles. The van der Waals surface area contributed by atoms with Gasteiger partial charge >= 0.3 is 0 Å². The number of H-pyrrole nitrogens is 1. The van der Waals surface area contributed by atoms with Crippen LogP contribution in [-0.4, -0.2) is 15.2 Å². The van der Waals surface area contributed by atoms with E-state index in [1.165, 1.54) is 0 Å². The Bertz CT molecular complexity index is 1030. The van der Waals surface area contributed by atoms with Crippen LogP contribution >= 0.6 is 15.9 Å². The van der Waals surface area contributed by atoms with E-state index in [9.17, 15) is 0 Å². The summed E-state index contributed by atoms with van der Waals surface area (Å²) in [7, 11) is 0. The summed E-state index contributed by atoms with van der Waals surface area (Å²) < 4.78 is 0.843. The van der Waals surface area contributed by atoms with E-state index < -0.39 is 0 Å². The van der Waals surface area contributed by atoms with Crippen molar-refractivity contribution in [1.29, 1.82) is 0 Å². The van der Waals surface area contributed by atoms with Gasteiger partial charge in [0.25, 0.3) is 0 Å². The average Bonchev–Trinajstić information content (AvgIpc) is 3.09. The maximum absolute atomic E-state index is 6.11. The van der Waals surface area contributed by atoms with Crippen molar-refractivity contribution in [2.75, 3.05) is 5.32 Å². The van der Waals surface area contributed by atoms with Crippen LogP contribution in [0.25, 0.3) is 22.0 Å². The number of rotatable bonds is 5. The van der Waals surface area contributed by atoms with Gasteiger partial charge in [-0.25, -0.2) is 0 Å². The summed E-state index contributed by atoms with van der Waals surface area (Å²) in [5.41, 5.74) is 12.4. The lowest BCUT2D eigenvalue weighted by Crippen LogP contribution is -2.04. The summed E-state index contributed by atoms with van der Waals surface area (Å²) in [5.74, 6) is 0. The Labute approximate surface area is 159 Å². The van der Waals surface area contributed by atoms with E-state index in [4.69, 9.17) is 5.73 Å². The number of benzene rings is 2. The molecule has 0 unspecified atom stereocenters. The van der Waals surface area contributed by atoms with Crippen molar-refractivity contribution in [2.45, 2.75) is 13.1 Å². The number of halogens is 1. The first-order chi connectivity index (χ1) is 12.8. The van der Waals surface area contributed by atoms with Crippen molar-refractivity contribution in [1.82, 2.24) is 15.2 Å². The van der Waals surface area contributed by atoms with E-state index in [0.717, 1.165) is 43.4 Å². The molecule has 5 nitrogen and oxygen atoms in total. The smallest absolute Gasteiger partial charge is 0.117 e. The SMILES string of the molecule is NCc1c(-c2ccccc2)cc(NCc2cccnc2)c2n[nH]c(Br)c12. The minimum absolute atomic E-state index is 0.432. The lowest BCUT2D eigenvalue weighted by Gasteiger charge is -2.15. The van der Waals surface area contributed by atoms with Crippen LogP contribution < -0.4 is 11.1 Å². The van der Waals surface area contributed by atoms with Gasteiger partial charge in [-0.05, 0) is 50.3 Å². The number of aromatic amines is 1. The molecular formula is C20H18BrN5. The Hall–Kier alpha value is -2.70. The average molecular weight is 408 g/mol. The number of nitrogens with zero attached hydrogens (tertiary/aromatic N) is 2. The summed E-state index contributed by atoms with van der Waals surface area (Å²) in [6, 6.07) is 16.4. The lowest BCUT2D eigenvalue weighted by atomic mass is 9.95. The van der Waals surface area contributed by atoms with E-state index in [-0.39, 0.29) is 0 Å². The molecule has 4 rings (SSSR count). The molecule has 0 saturated heterocycles. The third kappa shape index (κ3) is 3.09. The number of hydrogen-bond donors (Lipinski definition) is 3. The topological polar surface area (TPSA) is 79.6 Å². The molecular weight excluding hydrogens is 390 g/mol. The fourth-order valence-corrected chi connectivity index (χ4v) is 3.66. The van der Waals surface area contributed by atoms with Gasteiger partial charge in [0.05, 0.1) is 5.69 Å². The minimum atomic E-state index is 0.432. The third-order valence-electron chi connectivity index (χ3n) is 4.39. The van der Waals surface area contributed by atoms with Crippen molar-refractivity contribution in [3.63, 3.8) is 0 Å². The Balaban J connectivity index is 1.84. The molecule has 0 aliphatic carbocycles. The largest absolute Gasteiger partial charge is 0.379 e. The highest BCUT2D eigenvalue weighted by atomic mass is 79.9. The summed E-state index contributed by atoms with van der Waals surface area (Å²) in [6.07, 6.45) is 3.63. The zero-order chi connectivity index (χ0) is 17.9. The molecule has 130 valence electrons. The van der Waals surface area contributed by atoms with Crippen LogP contribution in [0.1, 0.15) is 11.1 Å². The second-order valence-corrected chi connectivity index (χ2v) is 6.79. The first-order valence-electron chi connectivity index (χ1n) is 8.35. The van der Waals surface area contributed by atoms with Gasteiger partial charge < -0.3 is 11.1 Å². The monoisotopic (exact) mass is 407 g/mol. The number of fused-ring (bicyclic) bond motifs is 1. The summed E-state index contributed by atoms with van der Waals surface area (Å²) in [5, 5.41) is 12.0. The summed E-state index contributed by atoms with van der Waals surface area (Å²) >= 11 is 3.58. The molecule has 2 aromatic carbocycles. The molecule has 0 fully saturated rings. The fourth-order valence-electron chi connectivity index (χ4n) is 3.15. The van der Waals surface area contributed by atoms with Crippen LogP contribution in [0.15, 0.2) is 65.5 Å². The quantitative estimate of drug-likeness (QED) is 0.456. The predicted octanol–water partition coefficient (Wildman–Crippen LogP) is 4.46. The zero-order valence-corrected chi connectivity index (χ0v) is 15.6. The normalized spacial score (nSPS) is 11.0. The molecule has 0 aliphatic heterocycles. The fraction of sp³-hybridized carbons (Fsp3) is 0.100. The molecule has 6 heteroatoms. The molecule has 0 aliphatic rings. The van der Waals surface area contributed by atoms with Gasteiger partial charge in [0, 0.05) is 30.9 Å². The maximum Gasteiger partial charge on any atom is 0.117 e. The molecule has 4 N–H and O–H groups in total. The molecule has 0 spiro atoms. The number of nitrogens with two attached hydrogens (primary N) is 1. The second kappa shape index (κ2) is 7.27. The first kappa shape index (κ1) is 16.8. The number of hydrogen-bond acceptors (Lipinski definition) is 4. The Morgan fingerprint density at radius 3 is 2.69 bits per heavy atom. The van der Waals surface area contributed by atoms with Crippen LogP contribution in [0.4, 0.5) is 5.69 Å². The van der Waals surface area contributed by atoms with E-state index >= 15 is 0 Å². The molecule has 0 radical (unpaired) electrons. The highest BCUT2D eigenvalue weighted by Crippen LogP contribution is 2.37. The summed E-state index contributed by atoms with van der Waals surface area (Å²) in [4.78, 5) is 4.17. The van der Waals surface area contributed by atoms with Gasteiger partial charge in [-0.15, -0.1) is 0 Å². The molecule has 4 aromatic rings. The van der Waals surface area contributed by atoms with Crippen molar-refractivity contribution in [3.05, 3.63) is 76.7 Å². The molecule has 0 amide bonds. The number of aromatic nitrogens is 3. The van der Waals surface area contributed by atoms with Gasteiger partial charge in [-0.1, -0.05) is 36.4 Å². The zero-order valence-electron chi connectivity index (χ0n) is 14.0. The second-order valence-electron chi connectivity index (χ2n) is 6.00. The third-order valence-corrected chi connectivity index (χ3v) is 4.96. The van der Waals surface area contributed by atoms with Crippen LogP contribution in [0, 0.1) is 0 Å². The molecule has 26 heavy (non-hydrogen) atoms. The van der Waals surface area contributed by atoms with Crippen molar-refractivity contribution in [2.24, 2.45) is 5.73 Å². The van der Waals surface area contributed by atoms with Gasteiger partial charge in [-0.2, -0.15) is 5.10 Å². The maximum atomic E-state index is 6.11. The van der Waals surface area contributed by atoms with E-state index in [1.807, 2.05) is 36.5 Å². The number of nitrogens with one attached hydrogen (secondary N) is 2. The van der Waals surface area contributed by atoms with Gasteiger partial charge in [-0.3, -0.25) is 10.1 Å². The van der Waals surface area contributed by atoms with Crippen molar-refractivity contribution < 1.29 is 0 Å². The lowest BCUT2D eigenvalue weighted by molar-refractivity contribution is 1.08. The molecule has 0 saturated carbocycles. The van der Waals surface area contributed by atoms with Crippen molar-refractivity contribution in [3.8, 4) is 11.1 Å². The molecule has 0 atom stereocenters. The molecule has 2 aromatic heterocycles. The van der Waals surface area contributed by atoms with E-state index in [0.29, 0.717) is 13.1 Å². The van der Waals surface area contributed by atoms with Crippen LogP contribution in [-0.2, 0) is 13.1 Å². The van der Waals surface area contributed by atoms with Gasteiger partial charge in [0.1, 0.15) is 10.1 Å². The Morgan fingerprint density at radius 1 is 1.12 bits per heavy atom. The summed E-state index contributed by atoms with van der Waals surface area (Å²) in [6.45, 7) is 1.10. The van der Waals surface area contributed by atoms with Crippen LogP contribution in [0.2, 0.25) is 0 Å². The standard InChI is InChI=1S/C20H18BrN5/c21-20-18-16(10-22)15(14-6-2-1-3-7-14)9-17(19(18)25-26-20)24-12-13-5-4-8-23-11-13/h1-9,11,24H,10,12,22H2,(H,25,26). The minimum Gasteiger partial charge on any atom is -0.379 e. The van der Waals surface area contributed by atoms with Crippen LogP contribution in [0.5, 0.6) is 0 Å². The predicted molar refractivity (Wildman–Crippen MR) is 109 cm³/mol. The van der Waals surface area contributed by atoms with Crippen molar-refractivity contribution >= 4 is 32.5 Å². The highest BCUT2D eigenvalue weighted by Gasteiger charge is 2.17. The number of anilines is 1. The highest BCUT2D eigenvalue weighted by molar-refractivity contribution is 9.10. The Kier molecular flexibility index (Phi) is 4.69. The van der Waals surface area contributed by atoms with Gasteiger partial charge in [0.15, 0.2) is 0 Å². The Morgan fingerprint density at radius 2 is 1.96 bits per heavy atom.